The molecule has 1 unspecified atom stereocenters. The molecule has 2 heterocycles. The average molecular weight is 730 g/mol. The number of thiophene rings is 1. The van der Waals surface area contributed by atoms with Gasteiger partial charge >= 0.3 is 0 Å². The molecule has 0 radical (unpaired) electrons. The Balaban J connectivity index is 0.00000138. The molecule has 0 saturated carbocycles. The number of sulfonamides is 1. The van der Waals surface area contributed by atoms with Crippen molar-refractivity contribution in [2.24, 2.45) is 15.9 Å². The molecule has 9 heteroatoms. The van der Waals surface area contributed by atoms with Crippen LogP contribution >= 0.6 is 11.3 Å². The van der Waals surface area contributed by atoms with Crippen molar-refractivity contribution < 1.29 is 29.5 Å². The zero-order chi connectivity index (χ0) is 27.8. The number of amidine groups is 1. The van der Waals surface area contributed by atoms with Gasteiger partial charge in [0, 0.05) is 59.2 Å². The fraction of sp³-hybridized carbons (Fsp3) is 0.552. The van der Waals surface area contributed by atoms with E-state index in [0.717, 1.165) is 40.7 Å². The van der Waals surface area contributed by atoms with Crippen molar-refractivity contribution in [1.29, 1.82) is 0 Å². The molecule has 1 atom stereocenters. The topological polar surface area (TPSA) is 65.3 Å². The molecular formula is C29H45N4O2S2W-. The molecular weight excluding hydrogens is 684 g/mol. The molecule has 1 aromatic carbocycles. The maximum absolute atomic E-state index is 13.2. The van der Waals surface area contributed by atoms with E-state index in [1.807, 2.05) is 60.7 Å². The van der Waals surface area contributed by atoms with Gasteiger partial charge in [-0.25, -0.2) is 8.42 Å². The third-order valence-electron chi connectivity index (χ3n) is 6.68. The number of nitrogens with zero attached hydrogens (tertiary/aromatic N) is 4. The van der Waals surface area contributed by atoms with Crippen molar-refractivity contribution >= 4 is 38.9 Å². The van der Waals surface area contributed by atoms with Gasteiger partial charge in [0.15, 0.2) is 0 Å². The van der Waals surface area contributed by atoms with Gasteiger partial charge in [0.05, 0.1) is 10.5 Å². The predicted molar refractivity (Wildman–Crippen MR) is 160 cm³/mol. The summed E-state index contributed by atoms with van der Waals surface area (Å²) in [6.45, 7) is 20.2. The van der Waals surface area contributed by atoms with Crippen molar-refractivity contribution in [3.8, 4) is 0 Å². The fourth-order valence-electron chi connectivity index (χ4n) is 4.74. The van der Waals surface area contributed by atoms with Crippen molar-refractivity contribution in [1.82, 2.24) is 9.21 Å². The van der Waals surface area contributed by atoms with Crippen molar-refractivity contribution in [2.45, 2.75) is 72.6 Å². The van der Waals surface area contributed by atoms with Crippen LogP contribution in [0.3, 0.4) is 0 Å². The molecule has 1 aliphatic heterocycles. The SMILES string of the molecule is C=Nc1sc2c(c1C(=NC)N1CCN(S(=O)(=O)c3ccc([C-](C)C)cc3)CC1)CCC(C)C2.CC.CC.[W]. The second-order valence-electron chi connectivity index (χ2n) is 9.15. The van der Waals surface area contributed by atoms with Crippen molar-refractivity contribution in [3.05, 3.63) is 51.8 Å². The van der Waals surface area contributed by atoms with Crippen LogP contribution in [0, 0.1) is 11.8 Å². The first-order chi connectivity index (χ1) is 17.8. The van der Waals surface area contributed by atoms with Crippen LogP contribution in [-0.2, 0) is 43.9 Å². The first kappa shape index (κ1) is 34.6. The number of benzene rings is 1. The molecule has 0 spiro atoms. The molecule has 1 aromatic heterocycles. The summed E-state index contributed by atoms with van der Waals surface area (Å²) in [6.07, 6.45) is 3.29. The normalized spacial score (nSPS) is 17.6. The molecule has 38 heavy (non-hydrogen) atoms. The van der Waals surface area contributed by atoms with Gasteiger partial charge in [-0.2, -0.15) is 27.9 Å². The fourth-order valence-corrected chi connectivity index (χ4v) is 7.47. The summed E-state index contributed by atoms with van der Waals surface area (Å²) in [7, 11) is -1.70. The van der Waals surface area contributed by atoms with Gasteiger partial charge in [-0.15, -0.1) is 11.3 Å². The van der Waals surface area contributed by atoms with Gasteiger partial charge in [0.25, 0.3) is 0 Å². The van der Waals surface area contributed by atoms with Crippen molar-refractivity contribution in [3.63, 3.8) is 0 Å². The molecule has 212 valence electrons. The third kappa shape index (κ3) is 7.59. The molecule has 0 amide bonds. The minimum Gasteiger partial charge on any atom is -0.354 e. The monoisotopic (exact) mass is 729 g/mol. The number of hydrogen-bond acceptors (Lipinski definition) is 5. The van der Waals surface area contributed by atoms with E-state index in [1.165, 1.54) is 16.9 Å². The molecule has 2 aromatic rings. The first-order valence-corrected chi connectivity index (χ1v) is 15.8. The Morgan fingerprint density at radius 1 is 1.05 bits per heavy atom. The number of piperazine rings is 1. The maximum atomic E-state index is 13.2. The molecule has 1 aliphatic carbocycles. The second kappa shape index (κ2) is 16.0. The second-order valence-corrected chi connectivity index (χ2v) is 12.2. The van der Waals surface area contributed by atoms with E-state index >= 15 is 0 Å². The van der Waals surface area contributed by atoms with Gasteiger partial charge in [-0.3, -0.25) is 9.98 Å². The Morgan fingerprint density at radius 3 is 2.13 bits per heavy atom. The molecule has 2 aliphatic rings. The van der Waals surface area contributed by atoms with E-state index in [4.69, 9.17) is 0 Å². The first-order valence-electron chi connectivity index (χ1n) is 13.5. The van der Waals surface area contributed by atoms with Crippen LogP contribution in [-0.4, -0.2) is 63.4 Å². The number of fused-ring (bicyclic) bond motifs is 1. The Labute approximate surface area is 250 Å². The average Bonchev–Trinajstić information content (AvgIpc) is 3.29. The van der Waals surface area contributed by atoms with Crippen LogP contribution in [0.1, 0.15) is 76.5 Å². The Morgan fingerprint density at radius 2 is 1.63 bits per heavy atom. The molecule has 1 fully saturated rings. The maximum Gasteiger partial charge on any atom is 0.241 e. The van der Waals surface area contributed by atoms with Gasteiger partial charge in [0.2, 0.25) is 10.0 Å². The molecule has 6 nitrogen and oxygen atoms in total. The van der Waals surface area contributed by atoms with Gasteiger partial charge in [-0.05, 0) is 37.5 Å². The van der Waals surface area contributed by atoms with Crippen LogP contribution in [0.4, 0.5) is 5.00 Å². The zero-order valence-electron chi connectivity index (χ0n) is 24.4. The van der Waals surface area contributed by atoms with Crippen LogP contribution in [0.15, 0.2) is 39.1 Å². The van der Waals surface area contributed by atoms with E-state index in [-0.39, 0.29) is 21.1 Å². The van der Waals surface area contributed by atoms with Crippen LogP contribution in [0.5, 0.6) is 0 Å². The summed E-state index contributed by atoms with van der Waals surface area (Å²) in [6, 6.07) is 7.18. The number of rotatable bonds is 5. The molecule has 0 N–H and O–H groups in total. The molecule has 1 saturated heterocycles. The minimum atomic E-state index is -3.52. The Hall–Kier alpha value is -1.47. The standard InChI is InChI=1S/C25H33N4O2S2.2C2H6.W/c1-17(2)19-7-9-20(10-8-19)33(30,31)29-14-12-28(13-15-29)24(26-4)23-21-11-6-18(3)16-22(21)32-25(23)27-5;2*1-2;/h7-10,18H,5-6,11-16H2,1-4H3;2*1-2H3;/q-1;;;. The smallest absolute Gasteiger partial charge is 0.241 e. The van der Waals surface area contributed by atoms with Crippen molar-refractivity contribution in [2.75, 3.05) is 33.2 Å². The Bertz CT molecular complexity index is 1150. The predicted octanol–water partition coefficient (Wildman–Crippen LogP) is 6.60. The summed E-state index contributed by atoms with van der Waals surface area (Å²) in [5.41, 5.74) is 3.53. The summed E-state index contributed by atoms with van der Waals surface area (Å²) < 4.78 is 28.0. The molecule has 4 rings (SSSR count). The van der Waals surface area contributed by atoms with E-state index in [2.05, 4.69) is 28.5 Å². The van der Waals surface area contributed by atoms with Gasteiger partial charge in [-0.1, -0.05) is 60.6 Å². The summed E-state index contributed by atoms with van der Waals surface area (Å²) in [5.74, 6) is 2.77. The van der Waals surface area contributed by atoms with E-state index in [1.54, 1.807) is 27.8 Å². The van der Waals surface area contributed by atoms with E-state index < -0.39 is 10.0 Å². The minimum absolute atomic E-state index is 0. The third-order valence-corrected chi connectivity index (χ3v) is 9.78. The van der Waals surface area contributed by atoms with Crippen LogP contribution in [0.2, 0.25) is 0 Å². The van der Waals surface area contributed by atoms with Crippen LogP contribution < -0.4 is 0 Å². The quantitative estimate of drug-likeness (QED) is 0.198. The van der Waals surface area contributed by atoms with Gasteiger partial charge < -0.3 is 4.90 Å². The summed E-state index contributed by atoms with van der Waals surface area (Å²) >= 11 is 1.73. The largest absolute Gasteiger partial charge is 0.354 e. The van der Waals surface area contributed by atoms with Crippen LogP contribution in [0.25, 0.3) is 0 Å². The summed E-state index contributed by atoms with van der Waals surface area (Å²) in [4.78, 5) is 12.9. The van der Waals surface area contributed by atoms with E-state index in [0.29, 0.717) is 37.0 Å². The zero-order valence-corrected chi connectivity index (χ0v) is 28.9. The number of aliphatic imine (C=N–C) groups is 2. The van der Waals surface area contributed by atoms with Gasteiger partial charge in [0.1, 0.15) is 10.8 Å². The number of hydrogen-bond donors (Lipinski definition) is 0. The summed E-state index contributed by atoms with van der Waals surface area (Å²) in [5, 5.41) is 0.938. The van der Waals surface area contributed by atoms with E-state index in [9.17, 15) is 8.42 Å². The Kier molecular flexibility index (Phi) is 14.5. The molecule has 0 bridgehead atoms.